The molecule has 30 heavy (non-hydrogen) atoms. The Morgan fingerprint density at radius 1 is 1.10 bits per heavy atom. The van der Waals surface area contributed by atoms with Gasteiger partial charge < -0.3 is 20.0 Å². The highest BCUT2D eigenvalue weighted by atomic mass is 32.2. The zero-order valence-corrected chi connectivity index (χ0v) is 16.6. The third-order valence-electron chi connectivity index (χ3n) is 5.12. The third kappa shape index (κ3) is 3.35. The minimum Gasteiger partial charge on any atom is -0.472 e. The van der Waals surface area contributed by atoms with E-state index in [1.54, 1.807) is 29.2 Å². The van der Waals surface area contributed by atoms with Crippen LogP contribution in [0.2, 0.25) is 0 Å². The van der Waals surface area contributed by atoms with Crippen LogP contribution in [-0.2, 0) is 11.2 Å². The summed E-state index contributed by atoms with van der Waals surface area (Å²) in [5.74, 6) is -0.0493. The van der Waals surface area contributed by atoms with E-state index in [1.807, 2.05) is 18.2 Å². The number of fused-ring (bicyclic) bond motifs is 2. The van der Waals surface area contributed by atoms with Crippen molar-refractivity contribution in [3.63, 3.8) is 0 Å². The molecule has 0 atom stereocenters. The summed E-state index contributed by atoms with van der Waals surface area (Å²) in [6.45, 7) is 0.582. The second-order valence-corrected chi connectivity index (χ2v) is 8.08. The molecule has 3 heterocycles. The van der Waals surface area contributed by atoms with E-state index >= 15 is 0 Å². The SMILES string of the molecule is O=C1CSc2ccc(C(=O)Nc3ccc4c(c3)CCN4C(=O)c3ccoc3)cc2N1. The van der Waals surface area contributed by atoms with Gasteiger partial charge in [-0.15, -0.1) is 11.8 Å². The van der Waals surface area contributed by atoms with Crippen LogP contribution in [0, 0.1) is 0 Å². The number of rotatable bonds is 3. The molecule has 3 aromatic rings. The molecular weight excluding hydrogens is 402 g/mol. The van der Waals surface area contributed by atoms with Crippen molar-refractivity contribution >= 4 is 46.5 Å². The van der Waals surface area contributed by atoms with Crippen molar-refractivity contribution in [2.45, 2.75) is 11.3 Å². The number of carbonyl (C=O) groups is 3. The van der Waals surface area contributed by atoms with E-state index < -0.39 is 0 Å². The summed E-state index contributed by atoms with van der Waals surface area (Å²) in [6.07, 6.45) is 3.63. The predicted octanol–water partition coefficient (Wildman–Crippen LogP) is 3.78. The van der Waals surface area contributed by atoms with Gasteiger partial charge in [0.2, 0.25) is 5.91 Å². The summed E-state index contributed by atoms with van der Waals surface area (Å²) in [6, 6.07) is 12.5. The molecule has 2 aliphatic heterocycles. The van der Waals surface area contributed by atoms with Gasteiger partial charge in [-0.1, -0.05) is 0 Å². The molecule has 0 saturated heterocycles. The molecule has 2 aliphatic rings. The number of nitrogens with one attached hydrogen (secondary N) is 2. The summed E-state index contributed by atoms with van der Waals surface area (Å²) in [7, 11) is 0. The maximum atomic E-state index is 12.7. The standard InChI is InChI=1S/C22H17N3O4S/c26-20-12-30-19-4-1-14(10-17(19)24-20)21(27)23-16-2-3-18-13(9-16)5-7-25(18)22(28)15-6-8-29-11-15/h1-4,6,8-11H,5,7,12H2,(H,23,27)(H,24,26). The number of anilines is 3. The van der Waals surface area contributed by atoms with Crippen LogP contribution >= 0.6 is 11.8 Å². The summed E-state index contributed by atoms with van der Waals surface area (Å²) in [5, 5.41) is 5.70. The van der Waals surface area contributed by atoms with Crippen LogP contribution in [0.25, 0.3) is 0 Å². The lowest BCUT2D eigenvalue weighted by molar-refractivity contribution is -0.113. The largest absolute Gasteiger partial charge is 0.472 e. The zero-order chi connectivity index (χ0) is 20.7. The summed E-state index contributed by atoms with van der Waals surface area (Å²) in [5.41, 5.74) is 4.14. The molecule has 2 N–H and O–H groups in total. The van der Waals surface area contributed by atoms with Gasteiger partial charge in [-0.25, -0.2) is 0 Å². The number of hydrogen-bond acceptors (Lipinski definition) is 5. The molecule has 1 aromatic heterocycles. The molecule has 7 nitrogen and oxygen atoms in total. The van der Waals surface area contributed by atoms with Crippen LogP contribution in [0.1, 0.15) is 26.3 Å². The molecule has 0 fully saturated rings. The Morgan fingerprint density at radius 3 is 2.83 bits per heavy atom. The first-order valence-corrected chi connectivity index (χ1v) is 10.4. The molecular formula is C22H17N3O4S. The molecule has 0 spiro atoms. The van der Waals surface area contributed by atoms with Crippen molar-refractivity contribution in [1.29, 1.82) is 0 Å². The van der Waals surface area contributed by atoms with Gasteiger partial charge in [0, 0.05) is 28.4 Å². The average molecular weight is 419 g/mol. The molecule has 0 saturated carbocycles. The second-order valence-electron chi connectivity index (χ2n) is 7.06. The molecule has 0 unspecified atom stereocenters. The number of furan rings is 1. The van der Waals surface area contributed by atoms with Gasteiger partial charge in [0.25, 0.3) is 11.8 Å². The first-order valence-electron chi connectivity index (χ1n) is 9.43. The fourth-order valence-corrected chi connectivity index (χ4v) is 4.45. The zero-order valence-electron chi connectivity index (χ0n) is 15.8. The van der Waals surface area contributed by atoms with Gasteiger partial charge in [-0.05, 0) is 54.4 Å². The van der Waals surface area contributed by atoms with Crippen LogP contribution in [0.4, 0.5) is 17.1 Å². The van der Waals surface area contributed by atoms with Crippen LogP contribution in [0.5, 0.6) is 0 Å². The van der Waals surface area contributed by atoms with Crippen LogP contribution in [-0.4, -0.2) is 30.0 Å². The first kappa shape index (κ1) is 18.5. The highest BCUT2D eigenvalue weighted by Crippen LogP contribution is 2.33. The number of amides is 3. The van der Waals surface area contributed by atoms with Crippen molar-refractivity contribution in [1.82, 2.24) is 0 Å². The maximum Gasteiger partial charge on any atom is 0.261 e. The normalized spacial score (nSPS) is 14.7. The Hall–Kier alpha value is -3.52. The van der Waals surface area contributed by atoms with Crippen LogP contribution in [0.15, 0.2) is 64.3 Å². The molecule has 3 amide bonds. The van der Waals surface area contributed by atoms with Crippen molar-refractivity contribution < 1.29 is 18.8 Å². The summed E-state index contributed by atoms with van der Waals surface area (Å²) >= 11 is 1.45. The van der Waals surface area contributed by atoms with Gasteiger partial charge in [0.15, 0.2) is 0 Å². The second kappa shape index (κ2) is 7.38. The molecule has 0 radical (unpaired) electrons. The molecule has 0 bridgehead atoms. The van der Waals surface area contributed by atoms with Crippen molar-refractivity contribution in [2.75, 3.05) is 27.8 Å². The highest BCUT2D eigenvalue weighted by molar-refractivity contribution is 8.00. The Bertz CT molecular complexity index is 1170. The van der Waals surface area contributed by atoms with Crippen LogP contribution in [0.3, 0.4) is 0 Å². The quantitative estimate of drug-likeness (QED) is 0.674. The highest BCUT2D eigenvalue weighted by Gasteiger charge is 2.26. The molecule has 0 aliphatic carbocycles. The minimum absolute atomic E-state index is 0.0711. The minimum atomic E-state index is -0.258. The summed E-state index contributed by atoms with van der Waals surface area (Å²) in [4.78, 5) is 39.6. The Morgan fingerprint density at radius 2 is 2.00 bits per heavy atom. The molecule has 150 valence electrons. The monoisotopic (exact) mass is 419 g/mol. The van der Waals surface area contributed by atoms with E-state index in [2.05, 4.69) is 10.6 Å². The van der Waals surface area contributed by atoms with E-state index in [0.29, 0.717) is 41.2 Å². The number of nitrogens with zero attached hydrogens (tertiary/aromatic N) is 1. The lowest BCUT2D eigenvalue weighted by atomic mass is 10.1. The molecule has 8 heteroatoms. The maximum absolute atomic E-state index is 12.7. The predicted molar refractivity (Wildman–Crippen MR) is 114 cm³/mol. The lowest BCUT2D eigenvalue weighted by Gasteiger charge is -2.17. The fourth-order valence-electron chi connectivity index (χ4n) is 3.66. The summed E-state index contributed by atoms with van der Waals surface area (Å²) < 4.78 is 5.01. The van der Waals surface area contributed by atoms with Gasteiger partial charge in [-0.2, -0.15) is 0 Å². The third-order valence-corrected chi connectivity index (χ3v) is 6.19. The number of carbonyl (C=O) groups excluding carboxylic acids is 3. The van der Waals surface area contributed by atoms with Gasteiger partial charge >= 0.3 is 0 Å². The topological polar surface area (TPSA) is 91.7 Å². The number of hydrogen-bond donors (Lipinski definition) is 2. The van der Waals surface area contributed by atoms with E-state index in [-0.39, 0.29) is 17.7 Å². The van der Waals surface area contributed by atoms with Crippen molar-refractivity contribution in [3.05, 3.63) is 71.7 Å². The van der Waals surface area contributed by atoms with E-state index in [4.69, 9.17) is 4.42 Å². The lowest BCUT2D eigenvalue weighted by Crippen LogP contribution is -2.28. The van der Waals surface area contributed by atoms with Crippen molar-refractivity contribution in [3.8, 4) is 0 Å². The van der Waals surface area contributed by atoms with E-state index in [0.717, 1.165) is 16.1 Å². The number of benzene rings is 2. The Balaban J connectivity index is 1.33. The smallest absolute Gasteiger partial charge is 0.261 e. The van der Waals surface area contributed by atoms with Crippen molar-refractivity contribution in [2.24, 2.45) is 0 Å². The molecule has 5 rings (SSSR count). The van der Waals surface area contributed by atoms with Gasteiger partial charge in [0.05, 0.1) is 23.3 Å². The average Bonchev–Trinajstić information content (AvgIpc) is 3.42. The molecule has 2 aromatic carbocycles. The van der Waals surface area contributed by atoms with Gasteiger partial charge in [0.1, 0.15) is 6.26 Å². The first-order chi connectivity index (χ1) is 14.6. The van der Waals surface area contributed by atoms with Crippen LogP contribution < -0.4 is 15.5 Å². The van der Waals surface area contributed by atoms with E-state index in [1.165, 1.54) is 24.3 Å². The van der Waals surface area contributed by atoms with Gasteiger partial charge in [-0.3, -0.25) is 14.4 Å². The van der Waals surface area contributed by atoms with E-state index in [9.17, 15) is 14.4 Å². The Kier molecular flexibility index (Phi) is 4.55. The Labute approximate surface area is 176 Å². The fraction of sp³-hybridized carbons (Fsp3) is 0.136. The number of thioether (sulfide) groups is 1.